The predicted octanol–water partition coefficient (Wildman–Crippen LogP) is 4.76. The van der Waals surface area contributed by atoms with Crippen LogP contribution >= 0.6 is 23.2 Å². The maximum absolute atomic E-state index is 13.2. The second-order valence-corrected chi connectivity index (χ2v) is 9.55. The Kier molecular flexibility index (Phi) is 6.37. The lowest BCUT2D eigenvalue weighted by Gasteiger charge is -2.12. The Bertz CT molecular complexity index is 1440. The lowest BCUT2D eigenvalue weighted by atomic mass is 10.2. The van der Waals surface area contributed by atoms with Gasteiger partial charge in [-0.05, 0) is 48.0 Å². The van der Waals surface area contributed by atoms with E-state index >= 15 is 0 Å². The first-order valence-electron chi connectivity index (χ1n) is 9.44. The summed E-state index contributed by atoms with van der Waals surface area (Å²) in [6.45, 7) is 0.0148. The predicted molar refractivity (Wildman–Crippen MR) is 122 cm³/mol. The van der Waals surface area contributed by atoms with Crippen LogP contribution in [0, 0.1) is 0 Å². The Balaban J connectivity index is 1.68. The van der Waals surface area contributed by atoms with Crippen molar-refractivity contribution in [1.29, 1.82) is 0 Å². The van der Waals surface area contributed by atoms with Gasteiger partial charge in [-0.25, -0.2) is 13.2 Å². The minimum Gasteiger partial charge on any atom is -0.502 e. The highest BCUT2D eigenvalue weighted by Crippen LogP contribution is 2.36. The van der Waals surface area contributed by atoms with Gasteiger partial charge >= 0.3 is 6.09 Å². The number of nitrogens with one attached hydrogen (secondary N) is 1. The molecule has 0 aliphatic rings. The molecule has 2 aromatic carbocycles. The molecule has 0 radical (unpaired) electrons. The Labute approximate surface area is 198 Å². The number of hydrogen-bond donors (Lipinski definition) is 2. The molecular formula is C22H15Cl2N3O5S. The quantitative estimate of drug-likeness (QED) is 0.402. The van der Waals surface area contributed by atoms with Crippen LogP contribution in [0.4, 0.5) is 4.79 Å². The molecule has 2 heterocycles. The summed E-state index contributed by atoms with van der Waals surface area (Å²) < 4.78 is 31.6. The number of carbonyl (C=O) groups is 1. The van der Waals surface area contributed by atoms with Gasteiger partial charge in [0.25, 0.3) is 5.88 Å². The number of nitrogens with zero attached hydrogens (tertiary/aromatic N) is 2. The van der Waals surface area contributed by atoms with Gasteiger partial charge in [-0.3, -0.25) is 4.98 Å². The average molecular weight is 504 g/mol. The SMILES string of the molecule is O=C(NCc1cc(Cl)cc(Cl)c1)Oc1nc(S(=O)(=O)c2ccccc2)c2cccnc2c1O. The van der Waals surface area contributed by atoms with E-state index in [1.54, 1.807) is 36.4 Å². The van der Waals surface area contributed by atoms with Crippen LogP contribution in [0.1, 0.15) is 5.56 Å². The third-order valence-electron chi connectivity index (χ3n) is 4.52. The van der Waals surface area contributed by atoms with Crippen molar-refractivity contribution >= 4 is 50.0 Å². The lowest BCUT2D eigenvalue weighted by Crippen LogP contribution is -2.27. The molecule has 2 N–H and O–H groups in total. The van der Waals surface area contributed by atoms with E-state index < -0.39 is 32.6 Å². The van der Waals surface area contributed by atoms with Crippen molar-refractivity contribution in [2.75, 3.05) is 0 Å². The van der Waals surface area contributed by atoms with E-state index in [0.29, 0.717) is 15.6 Å². The maximum Gasteiger partial charge on any atom is 0.414 e. The summed E-state index contributed by atoms with van der Waals surface area (Å²) in [6.07, 6.45) is 0.389. The molecule has 1 amide bonds. The van der Waals surface area contributed by atoms with Gasteiger partial charge in [-0.15, -0.1) is 0 Å². The summed E-state index contributed by atoms with van der Waals surface area (Å²) in [5, 5.41) is 13.5. The van der Waals surface area contributed by atoms with Gasteiger partial charge in [0.2, 0.25) is 15.6 Å². The summed E-state index contributed by atoms with van der Waals surface area (Å²) in [7, 11) is -4.11. The van der Waals surface area contributed by atoms with Gasteiger partial charge in [0.05, 0.1) is 4.90 Å². The zero-order valence-electron chi connectivity index (χ0n) is 16.7. The van der Waals surface area contributed by atoms with Crippen molar-refractivity contribution in [1.82, 2.24) is 15.3 Å². The van der Waals surface area contributed by atoms with Crippen LogP contribution in [0.15, 0.2) is 76.8 Å². The maximum atomic E-state index is 13.2. The average Bonchev–Trinajstić information content (AvgIpc) is 2.79. The number of aromatic hydroxyl groups is 1. The summed E-state index contributed by atoms with van der Waals surface area (Å²) in [6, 6.07) is 15.4. The fraction of sp³-hybridized carbons (Fsp3) is 0.0455. The molecule has 11 heteroatoms. The zero-order valence-corrected chi connectivity index (χ0v) is 19.0. The number of pyridine rings is 2. The number of sulfone groups is 1. The standard InChI is InChI=1S/C22H15Cl2N3O5S/c23-14-9-13(10-15(24)11-14)12-26-22(29)32-20-19(28)18-17(7-4-8-25-18)21(27-20)33(30,31)16-5-2-1-3-6-16/h1-11,28H,12H2,(H,26,29). The third-order valence-corrected chi connectivity index (χ3v) is 6.67. The van der Waals surface area contributed by atoms with Gasteiger partial charge in [-0.1, -0.05) is 41.4 Å². The van der Waals surface area contributed by atoms with E-state index in [0.717, 1.165) is 0 Å². The van der Waals surface area contributed by atoms with Crippen LogP contribution in [0.2, 0.25) is 10.0 Å². The normalized spacial score (nSPS) is 11.3. The first-order chi connectivity index (χ1) is 15.8. The van der Waals surface area contributed by atoms with Crippen LogP contribution in [0.3, 0.4) is 0 Å². The Morgan fingerprint density at radius 2 is 1.73 bits per heavy atom. The zero-order chi connectivity index (χ0) is 23.6. The monoisotopic (exact) mass is 503 g/mol. The molecule has 8 nitrogen and oxygen atoms in total. The molecule has 2 aromatic heterocycles. The lowest BCUT2D eigenvalue weighted by molar-refractivity contribution is 0.195. The second-order valence-electron chi connectivity index (χ2n) is 6.81. The fourth-order valence-electron chi connectivity index (χ4n) is 3.07. The first kappa shape index (κ1) is 22.8. The molecule has 0 aliphatic carbocycles. The molecule has 0 aliphatic heterocycles. The molecule has 0 saturated carbocycles. The number of fused-ring (bicyclic) bond motifs is 1. The molecule has 0 bridgehead atoms. The highest BCUT2D eigenvalue weighted by Gasteiger charge is 2.27. The summed E-state index contributed by atoms with van der Waals surface area (Å²) >= 11 is 11.9. The highest BCUT2D eigenvalue weighted by atomic mass is 35.5. The van der Waals surface area contributed by atoms with E-state index in [1.165, 1.54) is 30.5 Å². The van der Waals surface area contributed by atoms with Crippen molar-refractivity contribution in [2.45, 2.75) is 16.5 Å². The highest BCUT2D eigenvalue weighted by molar-refractivity contribution is 7.91. The van der Waals surface area contributed by atoms with Crippen LogP contribution in [-0.4, -0.2) is 29.6 Å². The van der Waals surface area contributed by atoms with Crippen LogP contribution in [0.25, 0.3) is 10.9 Å². The van der Waals surface area contributed by atoms with Gasteiger partial charge < -0.3 is 15.2 Å². The molecule has 0 fully saturated rings. The van der Waals surface area contributed by atoms with Crippen molar-refractivity contribution < 1.29 is 23.1 Å². The van der Waals surface area contributed by atoms with E-state index in [4.69, 9.17) is 27.9 Å². The summed E-state index contributed by atoms with van der Waals surface area (Å²) in [5.41, 5.74) is 0.528. The minimum absolute atomic E-state index is 0.0124. The van der Waals surface area contributed by atoms with Crippen LogP contribution < -0.4 is 10.1 Å². The van der Waals surface area contributed by atoms with Gasteiger partial charge in [0.15, 0.2) is 5.03 Å². The van der Waals surface area contributed by atoms with Crippen molar-refractivity contribution in [3.8, 4) is 11.6 Å². The topological polar surface area (TPSA) is 118 Å². The largest absolute Gasteiger partial charge is 0.502 e. The molecule has 0 atom stereocenters. The fourth-order valence-corrected chi connectivity index (χ4v) is 5.04. The molecule has 33 heavy (non-hydrogen) atoms. The van der Waals surface area contributed by atoms with Gasteiger partial charge in [-0.2, -0.15) is 4.98 Å². The van der Waals surface area contributed by atoms with Crippen LogP contribution in [0.5, 0.6) is 11.6 Å². The number of benzene rings is 2. The van der Waals surface area contributed by atoms with Gasteiger partial charge in [0, 0.05) is 28.2 Å². The Morgan fingerprint density at radius 3 is 2.42 bits per heavy atom. The van der Waals surface area contributed by atoms with Crippen LogP contribution in [-0.2, 0) is 16.4 Å². The molecular weight excluding hydrogens is 489 g/mol. The van der Waals surface area contributed by atoms with Crippen molar-refractivity contribution in [2.24, 2.45) is 0 Å². The number of rotatable bonds is 5. The number of amides is 1. The minimum atomic E-state index is -4.11. The first-order valence-corrected chi connectivity index (χ1v) is 11.7. The Morgan fingerprint density at radius 1 is 1.03 bits per heavy atom. The molecule has 0 saturated heterocycles. The Hall–Kier alpha value is -3.40. The van der Waals surface area contributed by atoms with E-state index in [9.17, 15) is 18.3 Å². The number of ether oxygens (including phenoxy) is 1. The molecule has 168 valence electrons. The third kappa shape index (κ3) is 4.85. The molecule has 4 aromatic rings. The number of aromatic nitrogens is 2. The summed E-state index contributed by atoms with van der Waals surface area (Å²) in [4.78, 5) is 20.3. The summed E-state index contributed by atoms with van der Waals surface area (Å²) in [5.74, 6) is -1.17. The van der Waals surface area contributed by atoms with Crippen molar-refractivity contribution in [3.05, 3.63) is 82.5 Å². The van der Waals surface area contributed by atoms with E-state index in [2.05, 4.69) is 15.3 Å². The molecule has 0 spiro atoms. The number of carbonyl (C=O) groups excluding carboxylic acids is 1. The van der Waals surface area contributed by atoms with Crippen molar-refractivity contribution in [3.63, 3.8) is 0 Å². The number of halogens is 2. The molecule has 0 unspecified atom stereocenters. The van der Waals surface area contributed by atoms with E-state index in [-0.39, 0.29) is 22.3 Å². The number of hydrogen-bond acceptors (Lipinski definition) is 7. The second kappa shape index (κ2) is 9.22. The van der Waals surface area contributed by atoms with Gasteiger partial charge in [0.1, 0.15) is 5.52 Å². The van der Waals surface area contributed by atoms with E-state index in [1.807, 2.05) is 0 Å². The molecule has 4 rings (SSSR count). The smallest absolute Gasteiger partial charge is 0.414 e.